The average molecular weight is 334 g/mol. The van der Waals surface area contributed by atoms with Crippen LogP contribution in [0, 0.1) is 19.7 Å². The molecule has 0 unspecified atom stereocenters. The van der Waals surface area contributed by atoms with Crippen LogP contribution < -0.4 is 0 Å². The van der Waals surface area contributed by atoms with Crippen molar-refractivity contribution in [1.29, 1.82) is 0 Å². The van der Waals surface area contributed by atoms with Crippen molar-refractivity contribution in [2.24, 2.45) is 0 Å². The molecule has 2 nitrogen and oxygen atoms in total. The third-order valence-corrected chi connectivity index (χ3v) is 3.68. The zero-order valence-corrected chi connectivity index (χ0v) is 13.0. The molecule has 1 aromatic heterocycles. The van der Waals surface area contributed by atoms with E-state index < -0.39 is 17.7 Å². The third kappa shape index (κ3) is 3.04. The molecule has 0 bridgehead atoms. The minimum absolute atomic E-state index is 0.0129. The van der Waals surface area contributed by atoms with E-state index in [0.717, 1.165) is 21.9 Å². The highest BCUT2D eigenvalue weighted by Gasteiger charge is 2.35. The molecule has 0 saturated carbocycles. The topological polar surface area (TPSA) is 17.8 Å². The molecule has 6 heteroatoms. The lowest BCUT2D eigenvalue weighted by Crippen LogP contribution is -2.08. The molecule has 0 amide bonds. The molecule has 124 valence electrons. The fourth-order valence-corrected chi connectivity index (χ4v) is 2.42. The Morgan fingerprint density at radius 3 is 2.12 bits per heavy atom. The van der Waals surface area contributed by atoms with Gasteiger partial charge in [0.15, 0.2) is 5.69 Å². The molecule has 0 aliphatic heterocycles. The predicted octanol–water partition coefficient (Wildman–Crippen LogP) is 5.31. The number of halogens is 4. The first-order chi connectivity index (χ1) is 11.3. The summed E-state index contributed by atoms with van der Waals surface area (Å²) in [5.74, 6) is -0.634. The molecule has 2 aromatic carbocycles. The van der Waals surface area contributed by atoms with Crippen molar-refractivity contribution in [3.63, 3.8) is 0 Å². The SMILES string of the molecule is Cc1ccc(-c2cc(C(F)(F)F)nn2-c2cc(C)ccc2F)cc1. The summed E-state index contributed by atoms with van der Waals surface area (Å²) in [7, 11) is 0. The summed E-state index contributed by atoms with van der Waals surface area (Å²) in [6.07, 6.45) is -4.61. The predicted molar refractivity (Wildman–Crippen MR) is 83.4 cm³/mol. The van der Waals surface area contributed by atoms with Gasteiger partial charge in [-0.1, -0.05) is 35.9 Å². The van der Waals surface area contributed by atoms with Gasteiger partial charge in [0.1, 0.15) is 11.5 Å². The van der Waals surface area contributed by atoms with Crippen LogP contribution in [0.15, 0.2) is 48.5 Å². The third-order valence-electron chi connectivity index (χ3n) is 3.68. The molecular weight excluding hydrogens is 320 g/mol. The smallest absolute Gasteiger partial charge is 0.230 e. The highest BCUT2D eigenvalue weighted by atomic mass is 19.4. The van der Waals surface area contributed by atoms with Gasteiger partial charge in [0, 0.05) is 5.56 Å². The number of aromatic nitrogens is 2. The quantitative estimate of drug-likeness (QED) is 0.580. The van der Waals surface area contributed by atoms with E-state index in [4.69, 9.17) is 0 Å². The van der Waals surface area contributed by atoms with Crippen molar-refractivity contribution < 1.29 is 17.6 Å². The first kappa shape index (κ1) is 16.2. The van der Waals surface area contributed by atoms with E-state index in [1.165, 1.54) is 12.1 Å². The van der Waals surface area contributed by atoms with Gasteiger partial charge in [0.05, 0.1) is 5.69 Å². The van der Waals surface area contributed by atoms with Gasteiger partial charge in [0.2, 0.25) is 0 Å². The second kappa shape index (κ2) is 5.78. The van der Waals surface area contributed by atoms with E-state index in [2.05, 4.69) is 5.10 Å². The van der Waals surface area contributed by atoms with Crippen molar-refractivity contribution in [3.05, 3.63) is 71.2 Å². The maximum Gasteiger partial charge on any atom is 0.435 e. The minimum Gasteiger partial charge on any atom is -0.230 e. The van der Waals surface area contributed by atoms with Gasteiger partial charge in [-0.25, -0.2) is 9.07 Å². The first-order valence-electron chi connectivity index (χ1n) is 7.26. The maximum atomic E-state index is 14.2. The Labute approximate surface area is 136 Å². The fourth-order valence-electron chi connectivity index (χ4n) is 2.42. The molecule has 24 heavy (non-hydrogen) atoms. The molecule has 0 radical (unpaired) electrons. The van der Waals surface area contributed by atoms with Gasteiger partial charge in [-0.3, -0.25) is 0 Å². The number of hydrogen-bond acceptors (Lipinski definition) is 1. The van der Waals surface area contributed by atoms with E-state index in [9.17, 15) is 17.6 Å². The summed E-state index contributed by atoms with van der Waals surface area (Å²) >= 11 is 0. The van der Waals surface area contributed by atoms with Crippen LogP contribution in [0.3, 0.4) is 0 Å². The summed E-state index contributed by atoms with van der Waals surface area (Å²) in [6.45, 7) is 3.62. The Morgan fingerprint density at radius 2 is 1.50 bits per heavy atom. The lowest BCUT2D eigenvalue weighted by Gasteiger charge is -2.10. The lowest BCUT2D eigenvalue weighted by atomic mass is 10.1. The van der Waals surface area contributed by atoms with Crippen LogP contribution in [-0.4, -0.2) is 9.78 Å². The number of nitrogens with zero attached hydrogens (tertiary/aromatic N) is 2. The number of rotatable bonds is 2. The molecule has 1 heterocycles. The summed E-state index contributed by atoms with van der Waals surface area (Å²) in [6, 6.07) is 12.1. The van der Waals surface area contributed by atoms with Crippen LogP contribution in [0.5, 0.6) is 0 Å². The zero-order valence-electron chi connectivity index (χ0n) is 13.0. The second-order valence-corrected chi connectivity index (χ2v) is 5.65. The Hall–Kier alpha value is -2.63. The highest BCUT2D eigenvalue weighted by Crippen LogP contribution is 2.33. The van der Waals surface area contributed by atoms with Crippen molar-refractivity contribution >= 4 is 0 Å². The van der Waals surface area contributed by atoms with E-state index in [0.29, 0.717) is 5.56 Å². The average Bonchev–Trinajstić information content (AvgIpc) is 2.95. The minimum atomic E-state index is -4.61. The second-order valence-electron chi connectivity index (χ2n) is 5.65. The van der Waals surface area contributed by atoms with E-state index in [-0.39, 0.29) is 11.4 Å². The van der Waals surface area contributed by atoms with E-state index in [1.54, 1.807) is 37.3 Å². The van der Waals surface area contributed by atoms with Gasteiger partial charge in [-0.05, 0) is 37.6 Å². The van der Waals surface area contributed by atoms with Crippen LogP contribution in [0.4, 0.5) is 17.6 Å². The van der Waals surface area contributed by atoms with Crippen LogP contribution in [0.2, 0.25) is 0 Å². The summed E-state index contributed by atoms with van der Waals surface area (Å²) < 4.78 is 54.4. The maximum absolute atomic E-state index is 14.2. The number of alkyl halides is 3. The molecule has 3 aromatic rings. The standard InChI is InChI=1S/C18H14F4N2/c1-11-3-6-13(7-4-11)15-10-17(18(20,21)22)23-24(15)16-9-12(2)5-8-14(16)19/h3-10H,1-2H3. The van der Waals surface area contributed by atoms with Crippen molar-refractivity contribution in [1.82, 2.24) is 9.78 Å². The van der Waals surface area contributed by atoms with Crippen LogP contribution in [0.25, 0.3) is 16.9 Å². The molecule has 0 atom stereocenters. The monoisotopic (exact) mass is 334 g/mol. The van der Waals surface area contributed by atoms with Crippen molar-refractivity contribution in [3.8, 4) is 16.9 Å². The van der Waals surface area contributed by atoms with E-state index >= 15 is 0 Å². The first-order valence-corrected chi connectivity index (χ1v) is 7.26. The molecule has 0 fully saturated rings. The van der Waals surface area contributed by atoms with Crippen molar-refractivity contribution in [2.45, 2.75) is 20.0 Å². The number of benzene rings is 2. The molecule has 0 aliphatic rings. The van der Waals surface area contributed by atoms with Gasteiger partial charge < -0.3 is 0 Å². The van der Waals surface area contributed by atoms with E-state index in [1.807, 2.05) is 6.92 Å². The molecular formula is C18H14F4N2. The fraction of sp³-hybridized carbons (Fsp3) is 0.167. The van der Waals surface area contributed by atoms with Gasteiger partial charge in [-0.15, -0.1) is 0 Å². The zero-order chi connectivity index (χ0) is 17.5. The van der Waals surface area contributed by atoms with Gasteiger partial charge in [-0.2, -0.15) is 18.3 Å². The molecule has 0 spiro atoms. The van der Waals surface area contributed by atoms with Crippen LogP contribution in [0.1, 0.15) is 16.8 Å². The van der Waals surface area contributed by atoms with Crippen LogP contribution in [-0.2, 0) is 6.18 Å². The highest BCUT2D eigenvalue weighted by molar-refractivity contribution is 5.63. The van der Waals surface area contributed by atoms with Crippen LogP contribution >= 0.6 is 0 Å². The molecule has 3 rings (SSSR count). The largest absolute Gasteiger partial charge is 0.435 e. The Balaban J connectivity index is 2.25. The number of aryl methyl sites for hydroxylation is 2. The summed E-state index contributed by atoms with van der Waals surface area (Å²) in [5, 5.41) is 3.60. The van der Waals surface area contributed by atoms with Crippen molar-refractivity contribution in [2.75, 3.05) is 0 Å². The van der Waals surface area contributed by atoms with Gasteiger partial charge in [0.25, 0.3) is 0 Å². The molecule has 0 saturated heterocycles. The summed E-state index contributed by atoms with van der Waals surface area (Å²) in [5.41, 5.74) is 1.35. The summed E-state index contributed by atoms with van der Waals surface area (Å²) in [4.78, 5) is 0. The Morgan fingerprint density at radius 1 is 0.875 bits per heavy atom. The van der Waals surface area contributed by atoms with Gasteiger partial charge >= 0.3 is 6.18 Å². The molecule has 0 N–H and O–H groups in total. The Bertz CT molecular complexity index is 877. The molecule has 0 aliphatic carbocycles. The normalized spacial score (nSPS) is 11.8. The number of hydrogen-bond donors (Lipinski definition) is 0. The Kier molecular flexibility index (Phi) is 3.91. The lowest BCUT2D eigenvalue weighted by molar-refractivity contribution is -0.141.